The third-order valence-corrected chi connectivity index (χ3v) is 1.38. The number of hydrogen-bond donors (Lipinski definition) is 5. The number of aliphatic carboxylic acids is 2. The van der Waals surface area contributed by atoms with E-state index in [1.54, 1.807) is 0 Å². The molecule has 0 aliphatic rings. The zero-order chi connectivity index (χ0) is 11.5. The molecule has 0 aromatic heterocycles. The Kier molecular flexibility index (Phi) is 4.15. The van der Waals surface area contributed by atoms with Gasteiger partial charge in [-0.3, -0.25) is 4.79 Å². The van der Waals surface area contributed by atoms with Crippen LogP contribution in [0.3, 0.4) is 0 Å². The molecule has 3 atom stereocenters. The van der Waals surface area contributed by atoms with E-state index in [4.69, 9.17) is 25.5 Å². The Hall–Kier alpha value is -1.51. The second-order valence-electron chi connectivity index (χ2n) is 2.39. The van der Waals surface area contributed by atoms with Gasteiger partial charge in [-0.2, -0.15) is 0 Å². The predicted molar refractivity (Wildman–Crippen MR) is 38.3 cm³/mol. The van der Waals surface area contributed by atoms with Crippen molar-refractivity contribution >= 4 is 17.7 Å². The van der Waals surface area contributed by atoms with Crippen molar-refractivity contribution in [3.8, 4) is 0 Å². The van der Waals surface area contributed by atoms with Gasteiger partial charge in [0.1, 0.15) is 6.10 Å². The van der Waals surface area contributed by atoms with Crippen LogP contribution in [0.1, 0.15) is 0 Å². The predicted octanol–water partition coefficient (Wildman–Crippen LogP) is -3.19. The molecule has 8 heteroatoms. The van der Waals surface area contributed by atoms with Gasteiger partial charge in [-0.05, 0) is 0 Å². The molecule has 0 amide bonds. The van der Waals surface area contributed by atoms with Crippen molar-refractivity contribution < 1.29 is 39.9 Å². The number of ketones is 1. The van der Waals surface area contributed by atoms with Gasteiger partial charge in [-0.25, -0.2) is 9.59 Å². The van der Waals surface area contributed by atoms with Gasteiger partial charge in [0.2, 0.25) is 0 Å². The SMILES string of the molecule is O=C(O)C(=O)[C@H](O)[C@@H](O)[C@@H](O)C(=O)O. The monoisotopic (exact) mass is 208 g/mol. The summed E-state index contributed by atoms with van der Waals surface area (Å²) in [6.45, 7) is 0. The lowest BCUT2D eigenvalue weighted by molar-refractivity contribution is -0.166. The highest BCUT2D eigenvalue weighted by Gasteiger charge is 2.37. The Morgan fingerprint density at radius 1 is 0.857 bits per heavy atom. The minimum Gasteiger partial charge on any atom is -0.479 e. The van der Waals surface area contributed by atoms with Crippen molar-refractivity contribution in [1.82, 2.24) is 0 Å². The van der Waals surface area contributed by atoms with Crippen LogP contribution in [-0.4, -0.2) is 61.6 Å². The Bertz CT molecular complexity index is 259. The van der Waals surface area contributed by atoms with Crippen molar-refractivity contribution in [3.05, 3.63) is 0 Å². The number of carboxylic acid groups (broad SMARTS) is 2. The summed E-state index contributed by atoms with van der Waals surface area (Å²) in [7, 11) is 0. The minimum atomic E-state index is -2.47. The van der Waals surface area contributed by atoms with Crippen LogP contribution >= 0.6 is 0 Å². The number of carbonyl (C=O) groups excluding carboxylic acids is 1. The number of carboxylic acids is 2. The molecular formula is C6H8O8. The summed E-state index contributed by atoms with van der Waals surface area (Å²) in [4.78, 5) is 30.5. The average Bonchev–Trinajstić information content (AvgIpc) is 2.12. The maximum Gasteiger partial charge on any atom is 0.375 e. The second kappa shape index (κ2) is 4.65. The lowest BCUT2D eigenvalue weighted by Crippen LogP contribution is -2.47. The fourth-order valence-electron chi connectivity index (χ4n) is 0.600. The molecule has 0 radical (unpaired) electrons. The molecule has 0 aliphatic carbocycles. The van der Waals surface area contributed by atoms with Gasteiger partial charge in [-0.1, -0.05) is 0 Å². The molecule has 0 aromatic rings. The molecule has 8 nitrogen and oxygen atoms in total. The number of aliphatic hydroxyl groups excluding tert-OH is 3. The molecule has 80 valence electrons. The van der Waals surface area contributed by atoms with Crippen molar-refractivity contribution in [2.75, 3.05) is 0 Å². The molecule has 0 saturated carbocycles. The molecule has 0 bridgehead atoms. The molecule has 0 aliphatic heterocycles. The van der Waals surface area contributed by atoms with Crippen molar-refractivity contribution in [2.45, 2.75) is 18.3 Å². The van der Waals surface area contributed by atoms with Crippen LogP contribution < -0.4 is 0 Å². The summed E-state index contributed by atoms with van der Waals surface area (Å²) in [5.41, 5.74) is 0. The van der Waals surface area contributed by atoms with E-state index in [1.807, 2.05) is 0 Å². The molecule has 14 heavy (non-hydrogen) atoms. The number of carbonyl (C=O) groups is 3. The zero-order valence-electron chi connectivity index (χ0n) is 6.69. The van der Waals surface area contributed by atoms with Gasteiger partial charge in [0.05, 0.1) is 0 Å². The van der Waals surface area contributed by atoms with Crippen LogP contribution in [0.15, 0.2) is 0 Å². The third kappa shape index (κ3) is 2.76. The van der Waals surface area contributed by atoms with E-state index < -0.39 is 36.0 Å². The molecule has 0 heterocycles. The molecule has 0 spiro atoms. The largest absolute Gasteiger partial charge is 0.479 e. The summed E-state index contributed by atoms with van der Waals surface area (Å²) in [6, 6.07) is 0. The number of Topliss-reactive ketones (excluding diaryl/α,β-unsaturated/α-hetero) is 1. The van der Waals surface area contributed by atoms with Gasteiger partial charge in [0.25, 0.3) is 5.78 Å². The Morgan fingerprint density at radius 2 is 1.29 bits per heavy atom. The quantitative estimate of drug-likeness (QED) is 0.296. The standard InChI is InChI=1S/C6H8O8/c7-1(3(9)5(11)12)2(8)4(10)6(13)14/h1-3,7-9H,(H,11,12)(H,13,14)/t1-,2-,3-/m1/s1. The fraction of sp³-hybridized carbons (Fsp3) is 0.500. The third-order valence-electron chi connectivity index (χ3n) is 1.38. The normalized spacial score (nSPS) is 16.8. The van der Waals surface area contributed by atoms with Crippen LogP contribution in [0.4, 0.5) is 0 Å². The van der Waals surface area contributed by atoms with E-state index in [-0.39, 0.29) is 0 Å². The highest BCUT2D eigenvalue weighted by molar-refractivity contribution is 6.34. The first-order valence-electron chi connectivity index (χ1n) is 3.33. The van der Waals surface area contributed by atoms with E-state index in [1.165, 1.54) is 0 Å². The summed E-state index contributed by atoms with van der Waals surface area (Å²) < 4.78 is 0. The summed E-state index contributed by atoms with van der Waals surface area (Å²) >= 11 is 0. The first-order chi connectivity index (χ1) is 6.29. The maximum absolute atomic E-state index is 10.5. The molecule has 0 fully saturated rings. The summed E-state index contributed by atoms with van der Waals surface area (Å²) in [5.74, 6) is -5.71. The molecule has 0 aromatic carbocycles. The Labute approximate surface area is 77.0 Å². The van der Waals surface area contributed by atoms with Crippen molar-refractivity contribution in [3.63, 3.8) is 0 Å². The molecule has 0 saturated heterocycles. The Balaban J connectivity index is 4.54. The van der Waals surface area contributed by atoms with Gasteiger partial charge >= 0.3 is 11.9 Å². The number of aliphatic hydroxyl groups is 3. The first kappa shape index (κ1) is 12.5. The van der Waals surface area contributed by atoms with Gasteiger partial charge in [-0.15, -0.1) is 0 Å². The van der Waals surface area contributed by atoms with Crippen LogP contribution in [0, 0.1) is 0 Å². The van der Waals surface area contributed by atoms with E-state index in [0.717, 1.165) is 0 Å². The zero-order valence-corrected chi connectivity index (χ0v) is 6.69. The topological polar surface area (TPSA) is 152 Å². The Morgan fingerprint density at radius 3 is 1.57 bits per heavy atom. The van der Waals surface area contributed by atoms with Gasteiger partial charge in [0.15, 0.2) is 12.2 Å². The highest BCUT2D eigenvalue weighted by Crippen LogP contribution is 2.02. The average molecular weight is 208 g/mol. The minimum absolute atomic E-state index is 1.79. The molecule has 5 N–H and O–H groups in total. The van der Waals surface area contributed by atoms with Crippen LogP contribution in [-0.2, 0) is 14.4 Å². The van der Waals surface area contributed by atoms with Crippen LogP contribution in [0.5, 0.6) is 0 Å². The summed E-state index contributed by atoms with van der Waals surface area (Å²) in [5, 5.41) is 42.4. The van der Waals surface area contributed by atoms with Crippen LogP contribution in [0.2, 0.25) is 0 Å². The van der Waals surface area contributed by atoms with Gasteiger partial charge < -0.3 is 25.5 Å². The first-order valence-corrected chi connectivity index (χ1v) is 3.33. The van der Waals surface area contributed by atoms with Crippen molar-refractivity contribution in [1.29, 1.82) is 0 Å². The lowest BCUT2D eigenvalue weighted by Gasteiger charge is -2.17. The fourth-order valence-corrected chi connectivity index (χ4v) is 0.600. The maximum atomic E-state index is 10.5. The highest BCUT2D eigenvalue weighted by atomic mass is 16.4. The second-order valence-corrected chi connectivity index (χ2v) is 2.39. The molecular weight excluding hydrogens is 200 g/mol. The van der Waals surface area contributed by atoms with Gasteiger partial charge in [0, 0.05) is 0 Å². The van der Waals surface area contributed by atoms with E-state index >= 15 is 0 Å². The number of hydrogen-bond acceptors (Lipinski definition) is 6. The van der Waals surface area contributed by atoms with Crippen molar-refractivity contribution in [2.24, 2.45) is 0 Å². The smallest absolute Gasteiger partial charge is 0.375 e. The lowest BCUT2D eigenvalue weighted by atomic mass is 10.0. The van der Waals surface area contributed by atoms with E-state index in [2.05, 4.69) is 0 Å². The number of rotatable bonds is 5. The van der Waals surface area contributed by atoms with E-state index in [0.29, 0.717) is 0 Å². The summed E-state index contributed by atoms with van der Waals surface area (Å²) in [6.07, 6.45) is -7.28. The molecule has 0 unspecified atom stereocenters. The van der Waals surface area contributed by atoms with Crippen LogP contribution in [0.25, 0.3) is 0 Å². The molecule has 0 rings (SSSR count). The van der Waals surface area contributed by atoms with E-state index in [9.17, 15) is 14.4 Å².